The molecule has 3 heteroatoms. The van der Waals surface area contributed by atoms with E-state index in [0.717, 1.165) is 43.8 Å². The van der Waals surface area contributed by atoms with Gasteiger partial charge in [-0.25, -0.2) is 0 Å². The minimum absolute atomic E-state index is 0.0816. The molecule has 1 saturated heterocycles. The molecular weight excluding hydrogens is 310 g/mol. The van der Waals surface area contributed by atoms with Crippen LogP contribution in [0, 0.1) is 11.8 Å². The number of hydrogen-bond donors (Lipinski definition) is 0. The molecule has 1 aromatic rings. The highest BCUT2D eigenvalue weighted by molar-refractivity contribution is 5.81. The van der Waals surface area contributed by atoms with Crippen molar-refractivity contribution in [1.29, 1.82) is 0 Å². The number of ketones is 1. The third-order valence-corrected chi connectivity index (χ3v) is 7.74. The van der Waals surface area contributed by atoms with E-state index in [1.807, 2.05) is 0 Å². The Hall–Kier alpha value is -1.35. The number of rotatable bonds is 3. The summed E-state index contributed by atoms with van der Waals surface area (Å²) in [5, 5.41) is 0. The molecule has 3 atom stereocenters. The predicted octanol–water partition coefficient (Wildman–Crippen LogP) is 3.73. The monoisotopic (exact) mass is 339 g/mol. The highest BCUT2D eigenvalue weighted by atomic mass is 16.5. The van der Waals surface area contributed by atoms with Crippen LogP contribution in [0.1, 0.15) is 56.1 Å². The first-order valence-corrected chi connectivity index (χ1v) is 10.1. The number of ether oxygens (including phenoxy) is 1. The summed E-state index contributed by atoms with van der Waals surface area (Å²) in [6, 6.07) is 7.26. The maximum absolute atomic E-state index is 12.4. The Morgan fingerprint density at radius 2 is 2.16 bits per heavy atom. The number of carbonyl (C=O) groups is 1. The number of methoxy groups -OCH3 is 1. The maximum atomic E-state index is 12.4. The molecule has 0 amide bonds. The quantitative estimate of drug-likeness (QED) is 0.840. The minimum Gasteiger partial charge on any atom is -0.497 e. The lowest BCUT2D eigenvalue weighted by atomic mass is 9.52. The predicted molar refractivity (Wildman–Crippen MR) is 98.0 cm³/mol. The van der Waals surface area contributed by atoms with E-state index in [1.54, 1.807) is 7.11 Å². The van der Waals surface area contributed by atoms with Gasteiger partial charge in [0.15, 0.2) is 0 Å². The van der Waals surface area contributed by atoms with Gasteiger partial charge in [0.2, 0.25) is 0 Å². The number of piperidine rings is 1. The van der Waals surface area contributed by atoms with Gasteiger partial charge in [0.1, 0.15) is 11.5 Å². The van der Waals surface area contributed by atoms with Crippen molar-refractivity contribution in [3.05, 3.63) is 29.3 Å². The lowest BCUT2D eigenvalue weighted by Gasteiger charge is -2.59. The summed E-state index contributed by atoms with van der Waals surface area (Å²) >= 11 is 0. The Labute approximate surface area is 150 Å². The molecule has 5 rings (SSSR count). The molecule has 1 aromatic carbocycles. The number of hydrogen-bond acceptors (Lipinski definition) is 3. The van der Waals surface area contributed by atoms with Gasteiger partial charge in [-0.3, -0.25) is 9.69 Å². The summed E-state index contributed by atoms with van der Waals surface area (Å²) in [6.07, 6.45) is 9.20. The van der Waals surface area contributed by atoms with Crippen LogP contribution in [0.5, 0.6) is 5.75 Å². The van der Waals surface area contributed by atoms with E-state index in [0.29, 0.717) is 17.7 Å². The van der Waals surface area contributed by atoms with Crippen molar-refractivity contribution in [3.63, 3.8) is 0 Å². The third-order valence-electron chi connectivity index (χ3n) is 7.74. The van der Waals surface area contributed by atoms with Crippen molar-refractivity contribution in [2.75, 3.05) is 20.2 Å². The van der Waals surface area contributed by atoms with Crippen LogP contribution in [0.2, 0.25) is 0 Å². The molecule has 1 heterocycles. The summed E-state index contributed by atoms with van der Waals surface area (Å²) in [5.74, 6) is 2.99. The Kier molecular flexibility index (Phi) is 3.70. The summed E-state index contributed by atoms with van der Waals surface area (Å²) in [7, 11) is 1.75. The van der Waals surface area contributed by atoms with E-state index in [2.05, 4.69) is 23.1 Å². The van der Waals surface area contributed by atoms with Crippen LogP contribution in [0.3, 0.4) is 0 Å². The fourth-order valence-corrected chi connectivity index (χ4v) is 6.25. The van der Waals surface area contributed by atoms with Gasteiger partial charge >= 0.3 is 0 Å². The molecule has 2 saturated carbocycles. The van der Waals surface area contributed by atoms with Crippen LogP contribution in [-0.2, 0) is 16.6 Å². The first-order chi connectivity index (χ1) is 12.2. The first kappa shape index (κ1) is 15.9. The van der Waals surface area contributed by atoms with E-state index < -0.39 is 0 Å². The first-order valence-electron chi connectivity index (χ1n) is 10.1. The Morgan fingerprint density at radius 1 is 1.28 bits per heavy atom. The molecule has 0 N–H and O–H groups in total. The van der Waals surface area contributed by atoms with Crippen LogP contribution >= 0.6 is 0 Å². The Morgan fingerprint density at radius 3 is 2.92 bits per heavy atom. The van der Waals surface area contributed by atoms with Crippen LogP contribution in [0.25, 0.3) is 0 Å². The van der Waals surface area contributed by atoms with E-state index in [9.17, 15) is 4.79 Å². The molecule has 3 nitrogen and oxygen atoms in total. The molecule has 4 aliphatic rings. The largest absolute Gasteiger partial charge is 0.497 e. The lowest BCUT2D eigenvalue weighted by molar-refractivity contribution is -0.127. The molecule has 0 unspecified atom stereocenters. The van der Waals surface area contributed by atoms with Gasteiger partial charge in [0.25, 0.3) is 0 Å². The lowest BCUT2D eigenvalue weighted by Crippen LogP contribution is -2.62. The molecule has 0 spiro atoms. The summed E-state index contributed by atoms with van der Waals surface area (Å²) in [6.45, 7) is 2.46. The molecule has 0 radical (unpaired) electrons. The van der Waals surface area contributed by atoms with Crippen LogP contribution in [0.15, 0.2) is 18.2 Å². The van der Waals surface area contributed by atoms with Crippen molar-refractivity contribution in [1.82, 2.24) is 4.90 Å². The molecule has 1 aliphatic heterocycles. The van der Waals surface area contributed by atoms with Crippen molar-refractivity contribution in [2.45, 2.75) is 62.8 Å². The van der Waals surface area contributed by atoms with Gasteiger partial charge in [-0.1, -0.05) is 12.5 Å². The average Bonchev–Trinajstić information content (AvgIpc) is 2.58. The number of carbonyl (C=O) groups excluding carboxylic acids is 1. The smallest absolute Gasteiger partial charge is 0.133 e. The average molecular weight is 339 g/mol. The standard InChI is InChI=1S/C22H29NO2/c1-25-18-7-5-16-11-21-19-8-6-17(24)13-22(19,20(16)12-18)9-10-23(21)14-15-3-2-4-15/h5,7,12,15,19,21H,2-4,6,8-11,13-14H2,1H3/t19-,21+,22-/m0/s1. The number of likely N-dealkylation sites (tertiary alicyclic amines) is 1. The fraction of sp³-hybridized carbons (Fsp3) is 0.682. The fourth-order valence-electron chi connectivity index (χ4n) is 6.25. The highest BCUT2D eigenvalue weighted by Crippen LogP contribution is 2.55. The molecule has 0 aromatic heterocycles. The van der Waals surface area contributed by atoms with Crippen LogP contribution in [0.4, 0.5) is 0 Å². The van der Waals surface area contributed by atoms with E-state index >= 15 is 0 Å². The van der Waals surface area contributed by atoms with Gasteiger partial charge in [-0.05, 0) is 73.7 Å². The Bertz CT molecular complexity index is 695. The molecule has 2 bridgehead atoms. The minimum atomic E-state index is 0.0816. The molecule has 25 heavy (non-hydrogen) atoms. The zero-order valence-electron chi connectivity index (χ0n) is 15.3. The molecule has 3 fully saturated rings. The van der Waals surface area contributed by atoms with Gasteiger partial charge in [-0.15, -0.1) is 0 Å². The van der Waals surface area contributed by atoms with Crippen molar-refractivity contribution >= 4 is 5.78 Å². The highest BCUT2D eigenvalue weighted by Gasteiger charge is 2.55. The van der Waals surface area contributed by atoms with Crippen LogP contribution < -0.4 is 4.74 Å². The third kappa shape index (κ3) is 2.38. The zero-order chi connectivity index (χ0) is 17.0. The van der Waals surface area contributed by atoms with Crippen LogP contribution in [-0.4, -0.2) is 36.9 Å². The summed E-state index contributed by atoms with van der Waals surface area (Å²) < 4.78 is 5.52. The SMILES string of the molecule is COc1ccc2c(c1)[C@]13CCN(CC4CCC4)[C@H](C2)[C@@H]1CCC(=O)C3. The second kappa shape index (κ2) is 5.84. The van der Waals surface area contributed by atoms with Gasteiger partial charge in [0.05, 0.1) is 7.11 Å². The topological polar surface area (TPSA) is 29.5 Å². The summed E-state index contributed by atoms with van der Waals surface area (Å²) in [5.41, 5.74) is 2.98. The molecular formula is C22H29NO2. The van der Waals surface area contributed by atoms with E-state index in [4.69, 9.17) is 4.74 Å². The second-order valence-corrected chi connectivity index (χ2v) is 8.85. The maximum Gasteiger partial charge on any atom is 0.133 e. The van der Waals surface area contributed by atoms with Gasteiger partial charge < -0.3 is 4.74 Å². The van der Waals surface area contributed by atoms with Crippen molar-refractivity contribution < 1.29 is 9.53 Å². The van der Waals surface area contributed by atoms with E-state index in [-0.39, 0.29) is 5.41 Å². The Balaban J connectivity index is 1.55. The summed E-state index contributed by atoms with van der Waals surface area (Å²) in [4.78, 5) is 15.2. The number of Topliss-reactive ketones (excluding diaryl/α,β-unsaturated/α-hetero) is 1. The zero-order valence-corrected chi connectivity index (χ0v) is 15.3. The number of nitrogens with zero attached hydrogens (tertiary/aromatic N) is 1. The second-order valence-electron chi connectivity index (χ2n) is 8.85. The molecule has 3 aliphatic carbocycles. The van der Waals surface area contributed by atoms with E-state index in [1.165, 1.54) is 43.5 Å². The normalized spacial score (nSPS) is 34.8. The van der Waals surface area contributed by atoms with Crippen molar-refractivity contribution in [3.8, 4) is 5.75 Å². The van der Waals surface area contributed by atoms with Crippen molar-refractivity contribution in [2.24, 2.45) is 11.8 Å². The van der Waals surface area contributed by atoms with Gasteiger partial charge in [-0.2, -0.15) is 0 Å². The van der Waals surface area contributed by atoms with Gasteiger partial charge in [0, 0.05) is 30.8 Å². The number of fused-ring (bicyclic) bond motifs is 1. The number of benzene rings is 1. The molecule has 134 valence electrons.